The lowest BCUT2D eigenvalue weighted by Crippen LogP contribution is -2.43. The van der Waals surface area contributed by atoms with Gasteiger partial charge in [0, 0.05) is 13.5 Å². The molecule has 0 spiro atoms. The van der Waals surface area contributed by atoms with Crippen LogP contribution in [-0.2, 0) is 11.2 Å². The average Bonchev–Trinajstić information content (AvgIpc) is 2.73. The molecule has 4 rings (SSSR count). The number of para-hydroxylation sites is 2. The highest BCUT2D eigenvalue weighted by Crippen LogP contribution is 2.37. The minimum Gasteiger partial charge on any atom is -0.495 e. The van der Waals surface area contributed by atoms with Crippen LogP contribution in [-0.4, -0.2) is 39.1 Å². The Kier molecular flexibility index (Phi) is 4.91. The van der Waals surface area contributed by atoms with Crippen molar-refractivity contribution in [3.05, 3.63) is 86.1 Å². The number of nitrogens with one attached hydrogen (secondary N) is 1. The number of hydrogen-bond acceptors (Lipinski definition) is 5. The summed E-state index contributed by atoms with van der Waals surface area (Å²) in [6, 6.07) is 13.3. The van der Waals surface area contributed by atoms with E-state index in [0.717, 1.165) is 15.7 Å². The number of rotatable bonds is 3. The topological polar surface area (TPSA) is 105 Å². The van der Waals surface area contributed by atoms with E-state index in [1.807, 2.05) is 24.3 Å². The van der Waals surface area contributed by atoms with Crippen molar-refractivity contribution >= 4 is 5.91 Å². The first kappa shape index (κ1) is 19.5. The van der Waals surface area contributed by atoms with E-state index in [0.29, 0.717) is 18.7 Å². The molecule has 0 fully saturated rings. The molecule has 0 radical (unpaired) electrons. The Morgan fingerprint density at radius 3 is 2.57 bits per heavy atom. The average molecular weight is 407 g/mol. The molecule has 1 aromatic heterocycles. The lowest BCUT2D eigenvalue weighted by atomic mass is 9.88. The maximum Gasteiger partial charge on any atom is 0.335 e. The van der Waals surface area contributed by atoms with Crippen molar-refractivity contribution in [2.75, 3.05) is 13.7 Å². The van der Waals surface area contributed by atoms with Crippen molar-refractivity contribution < 1.29 is 14.6 Å². The zero-order valence-electron chi connectivity index (χ0n) is 16.6. The second-order valence-corrected chi connectivity index (χ2v) is 7.07. The van der Waals surface area contributed by atoms with Gasteiger partial charge in [-0.3, -0.25) is 14.6 Å². The third-order valence-electron chi connectivity index (χ3n) is 5.41. The Bertz CT molecular complexity index is 1240. The van der Waals surface area contributed by atoms with Crippen molar-refractivity contribution in [1.82, 2.24) is 14.5 Å². The van der Waals surface area contributed by atoms with Crippen LogP contribution in [0, 0.1) is 0 Å². The normalized spacial score (nSPS) is 15.5. The Hall–Kier alpha value is -3.81. The number of fused-ring (bicyclic) bond motifs is 1. The van der Waals surface area contributed by atoms with Gasteiger partial charge in [-0.2, -0.15) is 0 Å². The lowest BCUT2D eigenvalue weighted by molar-refractivity contribution is -0.130. The molecular formula is C22H21N3O5. The number of nitrogens with zero attached hydrogens (tertiary/aromatic N) is 2. The summed E-state index contributed by atoms with van der Waals surface area (Å²) < 4.78 is 6.30. The third-order valence-corrected chi connectivity index (χ3v) is 5.41. The summed E-state index contributed by atoms with van der Waals surface area (Å²) in [5.74, 6) is -0.412. The maximum atomic E-state index is 12.9. The van der Waals surface area contributed by atoms with Crippen LogP contribution in [0.5, 0.6) is 11.6 Å². The predicted molar refractivity (Wildman–Crippen MR) is 110 cm³/mol. The standard InChI is InChI=1S/C22H21N3O5/c1-13(26)24-12-11-14-7-3-4-8-15(14)19(24)18-20(27)23-22(29)25(21(18)28)16-9-5-6-10-17(16)30-2/h3-10,19,28H,11-12H2,1-2H3,(H,23,27,29)/t19-/m0/s1. The fraction of sp³-hybridized carbons (Fsp3) is 0.227. The number of aromatic nitrogens is 2. The second kappa shape index (κ2) is 7.55. The van der Waals surface area contributed by atoms with Gasteiger partial charge in [0.1, 0.15) is 11.3 Å². The number of ether oxygens (including phenoxy) is 1. The molecule has 2 heterocycles. The van der Waals surface area contributed by atoms with E-state index in [1.54, 1.807) is 24.3 Å². The Morgan fingerprint density at radius 1 is 1.13 bits per heavy atom. The molecule has 0 saturated heterocycles. The SMILES string of the molecule is COc1ccccc1-n1c(O)c([C@@H]2c3ccccc3CCN2C(C)=O)c(=O)[nH]c1=O. The molecule has 8 nitrogen and oxygen atoms in total. The predicted octanol–water partition coefficient (Wildman–Crippen LogP) is 1.73. The van der Waals surface area contributed by atoms with Crippen LogP contribution in [0.25, 0.3) is 5.69 Å². The maximum absolute atomic E-state index is 12.9. The van der Waals surface area contributed by atoms with Gasteiger partial charge in [0.2, 0.25) is 11.8 Å². The van der Waals surface area contributed by atoms with E-state index in [-0.39, 0.29) is 17.2 Å². The number of hydrogen-bond donors (Lipinski definition) is 2. The Morgan fingerprint density at radius 2 is 1.83 bits per heavy atom. The largest absolute Gasteiger partial charge is 0.495 e. The zero-order chi connectivity index (χ0) is 21.4. The van der Waals surface area contributed by atoms with Gasteiger partial charge in [0.25, 0.3) is 5.56 Å². The van der Waals surface area contributed by atoms with Crippen molar-refractivity contribution in [2.24, 2.45) is 0 Å². The third kappa shape index (κ3) is 3.06. The van der Waals surface area contributed by atoms with Crippen molar-refractivity contribution in [2.45, 2.75) is 19.4 Å². The van der Waals surface area contributed by atoms with E-state index in [2.05, 4.69) is 4.98 Å². The van der Waals surface area contributed by atoms with Crippen molar-refractivity contribution in [3.8, 4) is 17.3 Å². The number of aromatic hydroxyl groups is 1. The second-order valence-electron chi connectivity index (χ2n) is 7.07. The van der Waals surface area contributed by atoms with Crippen molar-refractivity contribution in [3.63, 3.8) is 0 Å². The highest BCUT2D eigenvalue weighted by Gasteiger charge is 2.35. The molecule has 154 valence electrons. The molecule has 2 N–H and O–H groups in total. The molecule has 0 bridgehead atoms. The minimum absolute atomic E-state index is 0.0668. The van der Waals surface area contributed by atoms with E-state index in [4.69, 9.17) is 4.74 Å². The molecule has 1 amide bonds. The summed E-state index contributed by atoms with van der Waals surface area (Å²) >= 11 is 0. The molecule has 0 saturated carbocycles. The molecule has 0 unspecified atom stereocenters. The zero-order valence-corrected chi connectivity index (χ0v) is 16.6. The molecule has 1 aliphatic heterocycles. The highest BCUT2D eigenvalue weighted by molar-refractivity contribution is 5.75. The molecule has 2 aromatic carbocycles. The van der Waals surface area contributed by atoms with Crippen LogP contribution < -0.4 is 16.0 Å². The Balaban J connectivity index is 2.03. The molecule has 0 aliphatic carbocycles. The van der Waals surface area contributed by atoms with Gasteiger partial charge in [-0.1, -0.05) is 36.4 Å². The van der Waals surface area contributed by atoms with Gasteiger partial charge in [-0.25, -0.2) is 9.36 Å². The summed E-state index contributed by atoms with van der Waals surface area (Å²) in [5.41, 5.74) is 0.390. The minimum atomic E-state index is -0.822. The Labute approximate surface area is 172 Å². The van der Waals surface area contributed by atoms with Crippen LogP contribution in [0.3, 0.4) is 0 Å². The number of carbonyl (C=O) groups excluding carboxylic acids is 1. The summed E-state index contributed by atoms with van der Waals surface area (Å²) in [4.78, 5) is 41.7. The van der Waals surface area contributed by atoms with Crippen LogP contribution in [0.15, 0.2) is 58.1 Å². The first-order valence-corrected chi connectivity index (χ1v) is 9.50. The number of benzene rings is 2. The fourth-order valence-corrected chi connectivity index (χ4v) is 4.04. The fourth-order valence-electron chi connectivity index (χ4n) is 4.04. The molecule has 1 atom stereocenters. The number of H-pyrrole nitrogens is 1. The van der Waals surface area contributed by atoms with E-state index < -0.39 is 23.2 Å². The van der Waals surface area contributed by atoms with E-state index >= 15 is 0 Å². The first-order chi connectivity index (χ1) is 14.4. The van der Waals surface area contributed by atoms with Crippen molar-refractivity contribution in [1.29, 1.82) is 0 Å². The smallest absolute Gasteiger partial charge is 0.335 e. The molecule has 8 heteroatoms. The highest BCUT2D eigenvalue weighted by atomic mass is 16.5. The summed E-state index contributed by atoms with van der Waals surface area (Å²) in [5, 5.41) is 11.2. The van der Waals surface area contributed by atoms with Gasteiger partial charge in [-0.05, 0) is 29.7 Å². The first-order valence-electron chi connectivity index (χ1n) is 9.50. The van der Waals surface area contributed by atoms with Gasteiger partial charge < -0.3 is 14.7 Å². The van der Waals surface area contributed by atoms with Crippen LogP contribution >= 0.6 is 0 Å². The van der Waals surface area contributed by atoms with E-state index in [9.17, 15) is 19.5 Å². The quantitative estimate of drug-likeness (QED) is 0.688. The van der Waals surface area contributed by atoms with Gasteiger partial charge in [0.05, 0.1) is 18.8 Å². The van der Waals surface area contributed by atoms with Crippen LogP contribution in [0.1, 0.15) is 29.7 Å². The lowest BCUT2D eigenvalue weighted by Gasteiger charge is -2.37. The number of carbonyl (C=O) groups is 1. The van der Waals surface area contributed by atoms with E-state index in [1.165, 1.54) is 18.9 Å². The molecule has 1 aliphatic rings. The van der Waals surface area contributed by atoms with Crippen LogP contribution in [0.2, 0.25) is 0 Å². The summed E-state index contributed by atoms with van der Waals surface area (Å²) in [7, 11) is 1.45. The van der Waals surface area contributed by atoms with Gasteiger partial charge in [0.15, 0.2) is 0 Å². The molecular weight excluding hydrogens is 386 g/mol. The summed E-state index contributed by atoms with van der Waals surface area (Å²) in [6.07, 6.45) is 0.636. The van der Waals surface area contributed by atoms with Gasteiger partial charge in [-0.15, -0.1) is 0 Å². The number of amides is 1. The molecule has 3 aromatic rings. The monoisotopic (exact) mass is 407 g/mol. The number of methoxy groups -OCH3 is 1. The van der Waals surface area contributed by atoms with Crippen LogP contribution in [0.4, 0.5) is 0 Å². The number of aromatic amines is 1. The van der Waals surface area contributed by atoms with Gasteiger partial charge >= 0.3 is 5.69 Å². The summed E-state index contributed by atoms with van der Waals surface area (Å²) in [6.45, 7) is 1.81. The molecule has 30 heavy (non-hydrogen) atoms.